The fourth-order valence-electron chi connectivity index (χ4n) is 1.25. The highest BCUT2D eigenvalue weighted by Gasteiger charge is 2.13. The van der Waals surface area contributed by atoms with Crippen molar-refractivity contribution in [3.8, 4) is 5.75 Å². The average Bonchev–Trinajstić information content (AvgIpc) is 2.33. The summed E-state index contributed by atoms with van der Waals surface area (Å²) in [7, 11) is 0. The molecule has 4 nitrogen and oxygen atoms in total. The number of carbonyl (C=O) groups is 1. The van der Waals surface area contributed by atoms with Gasteiger partial charge >= 0.3 is 5.97 Å². The number of esters is 1. The van der Waals surface area contributed by atoms with Crippen LogP contribution in [-0.4, -0.2) is 25.5 Å². The molecule has 0 bridgehead atoms. The Labute approximate surface area is 108 Å². The smallest absolute Gasteiger partial charge is 0.302 e. The molecule has 0 aliphatic rings. The molecule has 0 aliphatic carbocycles. The van der Waals surface area contributed by atoms with Crippen molar-refractivity contribution in [1.82, 2.24) is 0 Å². The molecule has 0 spiro atoms. The Morgan fingerprint density at radius 3 is 2.39 bits per heavy atom. The van der Waals surface area contributed by atoms with Crippen LogP contribution in [0.5, 0.6) is 5.75 Å². The zero-order valence-corrected chi connectivity index (χ0v) is 11.1. The van der Waals surface area contributed by atoms with Crippen LogP contribution < -0.4 is 4.74 Å². The maximum atomic E-state index is 10.8. The minimum atomic E-state index is -0.571. The molecule has 0 fully saturated rings. The van der Waals surface area contributed by atoms with Gasteiger partial charge in [0.15, 0.2) is 6.61 Å². The third-order valence-electron chi connectivity index (χ3n) is 2.05. The van der Waals surface area contributed by atoms with Crippen LogP contribution >= 0.6 is 0 Å². The molecule has 1 unspecified atom stereocenters. The molecule has 1 rings (SSSR count). The van der Waals surface area contributed by atoms with E-state index < -0.39 is 6.29 Å². The van der Waals surface area contributed by atoms with Gasteiger partial charge < -0.3 is 14.2 Å². The fraction of sp³-hybridized carbons (Fsp3) is 0.500. The Morgan fingerprint density at radius 1 is 1.17 bits per heavy atom. The summed E-state index contributed by atoms with van der Waals surface area (Å²) in [6.45, 7) is 6.11. The lowest BCUT2D eigenvalue weighted by Crippen LogP contribution is -2.29. The highest BCUT2D eigenvalue weighted by atomic mass is 16.7. The molecule has 18 heavy (non-hydrogen) atoms. The van der Waals surface area contributed by atoms with E-state index in [9.17, 15) is 4.79 Å². The number of benzene rings is 1. The molecule has 1 aromatic rings. The fourth-order valence-corrected chi connectivity index (χ4v) is 1.25. The summed E-state index contributed by atoms with van der Waals surface area (Å²) in [4.78, 5) is 10.8. The molecule has 1 aromatic carbocycles. The van der Waals surface area contributed by atoms with Crippen LogP contribution in [0.15, 0.2) is 30.3 Å². The lowest BCUT2D eigenvalue weighted by atomic mass is 10.2. The standard InChI is InChI=1S/C14H20O4/c1-11(2)9-17-14(10-16-12(3)15)18-13-7-5-4-6-8-13/h4-8,11,14H,9-10H2,1-3H3. The molecule has 0 heterocycles. The second-order valence-electron chi connectivity index (χ2n) is 4.39. The lowest BCUT2D eigenvalue weighted by Gasteiger charge is -2.20. The van der Waals surface area contributed by atoms with Crippen molar-refractivity contribution >= 4 is 5.97 Å². The van der Waals surface area contributed by atoms with Gasteiger partial charge in [0.2, 0.25) is 6.29 Å². The zero-order valence-electron chi connectivity index (χ0n) is 11.1. The van der Waals surface area contributed by atoms with Crippen LogP contribution in [-0.2, 0) is 14.3 Å². The predicted molar refractivity (Wildman–Crippen MR) is 68.3 cm³/mol. The van der Waals surface area contributed by atoms with Crippen LogP contribution in [0, 0.1) is 5.92 Å². The number of ether oxygens (including phenoxy) is 3. The van der Waals surface area contributed by atoms with E-state index >= 15 is 0 Å². The van der Waals surface area contributed by atoms with Crippen LogP contribution in [0.3, 0.4) is 0 Å². The van der Waals surface area contributed by atoms with Gasteiger partial charge in [0.25, 0.3) is 0 Å². The van der Waals surface area contributed by atoms with Gasteiger partial charge in [0.1, 0.15) is 5.75 Å². The van der Waals surface area contributed by atoms with Gasteiger partial charge in [-0.2, -0.15) is 0 Å². The molecule has 0 aliphatic heterocycles. The van der Waals surface area contributed by atoms with E-state index in [0.717, 1.165) is 0 Å². The summed E-state index contributed by atoms with van der Waals surface area (Å²) >= 11 is 0. The normalized spacial score (nSPS) is 12.2. The molecule has 0 aromatic heterocycles. The van der Waals surface area contributed by atoms with Crippen molar-refractivity contribution in [3.63, 3.8) is 0 Å². The Hall–Kier alpha value is -1.55. The monoisotopic (exact) mass is 252 g/mol. The quantitative estimate of drug-likeness (QED) is 0.553. The molecule has 1 atom stereocenters. The zero-order chi connectivity index (χ0) is 13.4. The molecule has 0 N–H and O–H groups in total. The van der Waals surface area contributed by atoms with E-state index in [2.05, 4.69) is 0 Å². The van der Waals surface area contributed by atoms with Gasteiger partial charge in [-0.05, 0) is 18.1 Å². The summed E-state index contributed by atoms with van der Waals surface area (Å²) in [6.07, 6.45) is -0.571. The van der Waals surface area contributed by atoms with Crippen LogP contribution in [0.25, 0.3) is 0 Å². The Balaban J connectivity index is 2.50. The Kier molecular flexibility index (Phi) is 6.22. The lowest BCUT2D eigenvalue weighted by molar-refractivity contribution is -0.159. The van der Waals surface area contributed by atoms with Gasteiger partial charge in [-0.3, -0.25) is 4.79 Å². The number of hydrogen-bond donors (Lipinski definition) is 0. The molecule has 0 radical (unpaired) electrons. The number of rotatable bonds is 7. The van der Waals surface area contributed by atoms with Gasteiger partial charge in [-0.15, -0.1) is 0 Å². The number of carbonyl (C=O) groups excluding carboxylic acids is 1. The summed E-state index contributed by atoms with van der Waals surface area (Å²) in [6, 6.07) is 9.32. The van der Waals surface area contributed by atoms with Crippen LogP contribution in [0.1, 0.15) is 20.8 Å². The third-order valence-corrected chi connectivity index (χ3v) is 2.05. The molecule has 0 saturated heterocycles. The van der Waals surface area contributed by atoms with E-state index in [0.29, 0.717) is 18.3 Å². The first-order valence-electron chi connectivity index (χ1n) is 6.04. The van der Waals surface area contributed by atoms with Crippen molar-refractivity contribution in [2.75, 3.05) is 13.2 Å². The van der Waals surface area contributed by atoms with E-state index in [1.807, 2.05) is 44.2 Å². The third kappa shape index (κ3) is 6.25. The van der Waals surface area contributed by atoms with Crippen molar-refractivity contribution in [1.29, 1.82) is 0 Å². The van der Waals surface area contributed by atoms with E-state index in [-0.39, 0.29) is 12.6 Å². The molecular formula is C14H20O4. The first-order valence-corrected chi connectivity index (χ1v) is 6.04. The largest absolute Gasteiger partial charge is 0.461 e. The second-order valence-corrected chi connectivity index (χ2v) is 4.39. The van der Waals surface area contributed by atoms with E-state index in [1.54, 1.807) is 0 Å². The SMILES string of the molecule is CC(=O)OCC(OCC(C)C)Oc1ccccc1. The maximum Gasteiger partial charge on any atom is 0.302 e. The average molecular weight is 252 g/mol. The van der Waals surface area contributed by atoms with Crippen molar-refractivity contribution < 1.29 is 19.0 Å². The molecule has 0 saturated carbocycles. The first-order chi connectivity index (χ1) is 8.58. The maximum absolute atomic E-state index is 10.8. The van der Waals surface area contributed by atoms with Crippen molar-refractivity contribution in [3.05, 3.63) is 30.3 Å². The highest BCUT2D eigenvalue weighted by Crippen LogP contribution is 2.12. The van der Waals surface area contributed by atoms with Gasteiger partial charge in [0, 0.05) is 6.92 Å². The summed E-state index contributed by atoms with van der Waals surface area (Å²) in [5.74, 6) is 0.743. The topological polar surface area (TPSA) is 44.8 Å². The van der Waals surface area contributed by atoms with E-state index in [4.69, 9.17) is 14.2 Å². The summed E-state index contributed by atoms with van der Waals surface area (Å²) < 4.78 is 16.1. The van der Waals surface area contributed by atoms with Crippen molar-refractivity contribution in [2.24, 2.45) is 5.92 Å². The molecule has 100 valence electrons. The Morgan fingerprint density at radius 2 is 1.83 bits per heavy atom. The van der Waals surface area contributed by atoms with Crippen LogP contribution in [0.4, 0.5) is 0 Å². The first kappa shape index (κ1) is 14.5. The van der Waals surface area contributed by atoms with Crippen molar-refractivity contribution in [2.45, 2.75) is 27.1 Å². The Bertz CT molecular complexity index is 348. The van der Waals surface area contributed by atoms with Crippen LogP contribution in [0.2, 0.25) is 0 Å². The van der Waals surface area contributed by atoms with E-state index in [1.165, 1.54) is 6.92 Å². The molecule has 4 heteroatoms. The van der Waals surface area contributed by atoms with Gasteiger partial charge in [-0.1, -0.05) is 32.0 Å². The molecule has 0 amide bonds. The molecular weight excluding hydrogens is 232 g/mol. The summed E-state index contributed by atoms with van der Waals surface area (Å²) in [5, 5.41) is 0. The van der Waals surface area contributed by atoms with Gasteiger partial charge in [0.05, 0.1) is 6.61 Å². The minimum Gasteiger partial charge on any atom is -0.461 e. The minimum absolute atomic E-state index is 0.0942. The number of hydrogen-bond acceptors (Lipinski definition) is 4. The van der Waals surface area contributed by atoms with Gasteiger partial charge in [-0.25, -0.2) is 0 Å². The predicted octanol–water partition coefficient (Wildman–Crippen LogP) is 2.63. The highest BCUT2D eigenvalue weighted by molar-refractivity contribution is 5.65. The number of para-hydroxylation sites is 1. The second kappa shape index (κ2) is 7.71. The summed E-state index contributed by atoms with van der Waals surface area (Å²) in [5.41, 5.74) is 0.